The zero-order chi connectivity index (χ0) is 20.1. The molecule has 0 bridgehead atoms. The molecule has 2 aromatic rings. The van der Waals surface area contributed by atoms with E-state index in [2.05, 4.69) is 20.1 Å². The second kappa shape index (κ2) is 9.56. The maximum Gasteiger partial charge on any atom is 0.488 e. The van der Waals surface area contributed by atoms with Crippen molar-refractivity contribution in [1.29, 1.82) is 0 Å². The molecule has 0 saturated carbocycles. The van der Waals surface area contributed by atoms with Gasteiger partial charge in [0.25, 0.3) is 0 Å². The molecule has 2 aliphatic heterocycles. The van der Waals surface area contributed by atoms with Gasteiger partial charge in [0.15, 0.2) is 0 Å². The van der Waals surface area contributed by atoms with Gasteiger partial charge in [0, 0.05) is 45.0 Å². The van der Waals surface area contributed by atoms with Crippen LogP contribution in [0.2, 0.25) is 0 Å². The van der Waals surface area contributed by atoms with Crippen molar-refractivity contribution < 1.29 is 10.0 Å². The lowest BCUT2D eigenvalue weighted by Gasteiger charge is -2.22. The van der Waals surface area contributed by atoms with Crippen LogP contribution < -0.4 is 15.7 Å². The number of likely N-dealkylation sites (tertiary alicyclic amines) is 1. The van der Waals surface area contributed by atoms with Crippen LogP contribution in [0.15, 0.2) is 36.5 Å². The Morgan fingerprint density at radius 2 is 1.76 bits per heavy atom. The summed E-state index contributed by atoms with van der Waals surface area (Å²) in [4.78, 5) is 14.0. The standard InChI is InChI=1S/C21H30BN5O2/c28-22(29)18-7-5-17(6-8-18)15-26-14-10-19(16-26)24-21-23-11-9-20(25-21)27-12-3-1-2-4-13-27/h5-9,11,19,28-29H,1-4,10,12-16H2,(H,23,24,25). The second-order valence-corrected chi connectivity index (χ2v) is 8.12. The molecule has 0 aliphatic carbocycles. The summed E-state index contributed by atoms with van der Waals surface area (Å²) in [7, 11) is -1.41. The van der Waals surface area contributed by atoms with E-state index in [1.807, 2.05) is 24.4 Å². The molecule has 3 N–H and O–H groups in total. The lowest BCUT2D eigenvalue weighted by atomic mass is 9.80. The summed E-state index contributed by atoms with van der Waals surface area (Å²) < 4.78 is 0. The van der Waals surface area contributed by atoms with E-state index in [0.717, 1.165) is 50.9 Å². The van der Waals surface area contributed by atoms with Gasteiger partial charge in [-0.2, -0.15) is 4.98 Å². The van der Waals surface area contributed by atoms with E-state index < -0.39 is 7.12 Å². The molecule has 0 spiro atoms. The average molecular weight is 395 g/mol. The van der Waals surface area contributed by atoms with Crippen molar-refractivity contribution in [2.45, 2.75) is 44.7 Å². The minimum Gasteiger partial charge on any atom is -0.423 e. The van der Waals surface area contributed by atoms with Crippen molar-refractivity contribution in [3.05, 3.63) is 42.1 Å². The summed E-state index contributed by atoms with van der Waals surface area (Å²) in [6.45, 7) is 4.99. The van der Waals surface area contributed by atoms with E-state index in [4.69, 9.17) is 4.98 Å². The zero-order valence-corrected chi connectivity index (χ0v) is 16.9. The lowest BCUT2D eigenvalue weighted by Crippen LogP contribution is -2.30. The van der Waals surface area contributed by atoms with Crippen molar-refractivity contribution in [3.8, 4) is 0 Å². The molecule has 1 aromatic heterocycles. The van der Waals surface area contributed by atoms with Crippen LogP contribution in [0, 0.1) is 0 Å². The largest absolute Gasteiger partial charge is 0.488 e. The van der Waals surface area contributed by atoms with Crippen LogP contribution in [0.5, 0.6) is 0 Å². The number of anilines is 2. The van der Waals surface area contributed by atoms with Gasteiger partial charge in [-0.3, -0.25) is 4.90 Å². The predicted molar refractivity (Wildman–Crippen MR) is 116 cm³/mol. The number of hydrogen-bond acceptors (Lipinski definition) is 7. The number of aromatic nitrogens is 2. The summed E-state index contributed by atoms with van der Waals surface area (Å²) >= 11 is 0. The monoisotopic (exact) mass is 395 g/mol. The Balaban J connectivity index is 1.31. The van der Waals surface area contributed by atoms with E-state index in [-0.39, 0.29) is 0 Å². The summed E-state index contributed by atoms with van der Waals surface area (Å²) in [6.07, 6.45) is 8.02. The third-order valence-electron chi connectivity index (χ3n) is 5.86. The van der Waals surface area contributed by atoms with Crippen LogP contribution in [0.1, 0.15) is 37.7 Å². The van der Waals surface area contributed by atoms with Crippen LogP contribution in [-0.4, -0.2) is 64.3 Å². The van der Waals surface area contributed by atoms with Gasteiger partial charge in [0.05, 0.1) is 0 Å². The molecule has 2 aliphatic rings. The maximum atomic E-state index is 9.21. The maximum absolute atomic E-state index is 9.21. The molecule has 7 nitrogen and oxygen atoms in total. The SMILES string of the molecule is OB(O)c1ccc(CN2CCC(Nc3nccc(N4CCCCCC4)n3)C2)cc1. The van der Waals surface area contributed by atoms with E-state index in [9.17, 15) is 10.0 Å². The summed E-state index contributed by atoms with van der Waals surface area (Å²) in [5.74, 6) is 1.75. The van der Waals surface area contributed by atoms with Gasteiger partial charge in [0.2, 0.25) is 5.95 Å². The molecule has 8 heteroatoms. The van der Waals surface area contributed by atoms with Gasteiger partial charge in [-0.1, -0.05) is 37.1 Å². The van der Waals surface area contributed by atoms with Gasteiger partial charge in [-0.25, -0.2) is 4.98 Å². The van der Waals surface area contributed by atoms with Crippen LogP contribution in [0.4, 0.5) is 11.8 Å². The fourth-order valence-corrected chi connectivity index (χ4v) is 4.22. The number of nitrogens with one attached hydrogen (secondary N) is 1. The summed E-state index contributed by atoms with van der Waals surface area (Å²) in [5, 5.41) is 21.9. The van der Waals surface area contributed by atoms with Crippen molar-refractivity contribution >= 4 is 24.3 Å². The smallest absolute Gasteiger partial charge is 0.423 e. The van der Waals surface area contributed by atoms with Gasteiger partial charge < -0.3 is 20.3 Å². The Kier molecular flexibility index (Phi) is 6.64. The number of benzene rings is 1. The molecule has 3 heterocycles. The molecule has 1 unspecified atom stereocenters. The Morgan fingerprint density at radius 1 is 1.00 bits per heavy atom. The Bertz CT molecular complexity index is 781. The van der Waals surface area contributed by atoms with E-state index in [1.54, 1.807) is 12.1 Å². The summed E-state index contributed by atoms with van der Waals surface area (Å²) in [6, 6.07) is 9.83. The van der Waals surface area contributed by atoms with Crippen LogP contribution in [-0.2, 0) is 6.54 Å². The Labute approximate surface area is 172 Å². The highest BCUT2D eigenvalue weighted by molar-refractivity contribution is 6.58. The predicted octanol–water partition coefficient (Wildman–Crippen LogP) is 1.22. The van der Waals surface area contributed by atoms with Crippen molar-refractivity contribution in [3.63, 3.8) is 0 Å². The molecule has 4 rings (SSSR count). The minimum atomic E-state index is -1.41. The highest BCUT2D eigenvalue weighted by Gasteiger charge is 2.23. The molecule has 0 amide bonds. The topological polar surface area (TPSA) is 84.8 Å². The molecule has 2 fully saturated rings. The third kappa shape index (κ3) is 5.47. The van der Waals surface area contributed by atoms with Gasteiger partial charge in [-0.05, 0) is 36.4 Å². The highest BCUT2D eigenvalue weighted by atomic mass is 16.4. The number of nitrogens with zero attached hydrogens (tertiary/aromatic N) is 4. The minimum absolute atomic E-state index is 0.341. The first-order chi connectivity index (χ1) is 14.2. The molecule has 154 valence electrons. The quantitative estimate of drug-likeness (QED) is 0.635. The molecule has 1 atom stereocenters. The molecule has 0 radical (unpaired) electrons. The highest BCUT2D eigenvalue weighted by Crippen LogP contribution is 2.20. The molecular weight excluding hydrogens is 365 g/mol. The van der Waals surface area contributed by atoms with Crippen LogP contribution in [0.25, 0.3) is 0 Å². The van der Waals surface area contributed by atoms with Gasteiger partial charge in [-0.15, -0.1) is 0 Å². The Hall–Kier alpha value is -2.16. The van der Waals surface area contributed by atoms with Crippen LogP contribution >= 0.6 is 0 Å². The molecule has 29 heavy (non-hydrogen) atoms. The van der Waals surface area contributed by atoms with Gasteiger partial charge >= 0.3 is 7.12 Å². The van der Waals surface area contributed by atoms with Crippen LogP contribution in [0.3, 0.4) is 0 Å². The third-order valence-corrected chi connectivity index (χ3v) is 5.86. The molecular formula is C21H30BN5O2. The fourth-order valence-electron chi connectivity index (χ4n) is 4.22. The normalized spacial score (nSPS) is 20.5. The lowest BCUT2D eigenvalue weighted by molar-refractivity contribution is 0.328. The Morgan fingerprint density at radius 3 is 2.48 bits per heavy atom. The van der Waals surface area contributed by atoms with Crippen molar-refractivity contribution in [2.24, 2.45) is 0 Å². The van der Waals surface area contributed by atoms with Crippen molar-refractivity contribution in [2.75, 3.05) is 36.4 Å². The number of hydrogen-bond donors (Lipinski definition) is 3. The first-order valence-electron chi connectivity index (χ1n) is 10.7. The molecule has 2 saturated heterocycles. The fraction of sp³-hybridized carbons (Fsp3) is 0.524. The van der Waals surface area contributed by atoms with E-state index in [0.29, 0.717) is 11.5 Å². The van der Waals surface area contributed by atoms with Crippen molar-refractivity contribution in [1.82, 2.24) is 14.9 Å². The first-order valence-corrected chi connectivity index (χ1v) is 10.7. The number of rotatable bonds is 6. The zero-order valence-electron chi connectivity index (χ0n) is 16.9. The van der Waals surface area contributed by atoms with E-state index in [1.165, 1.54) is 31.2 Å². The first kappa shape index (κ1) is 20.1. The van der Waals surface area contributed by atoms with Gasteiger partial charge in [0.1, 0.15) is 5.82 Å². The summed E-state index contributed by atoms with van der Waals surface area (Å²) in [5.41, 5.74) is 1.70. The van der Waals surface area contributed by atoms with E-state index >= 15 is 0 Å². The molecule has 1 aromatic carbocycles. The second-order valence-electron chi connectivity index (χ2n) is 8.12. The average Bonchev–Trinajstić information content (AvgIpc) is 2.99.